The van der Waals surface area contributed by atoms with E-state index in [9.17, 15) is 0 Å². The SMILES string of the molecule is C(=C\c1ccccc1)/CN(CC1CCCNC1)C1CC1. The zero-order valence-corrected chi connectivity index (χ0v) is 12.3. The van der Waals surface area contributed by atoms with Crippen LogP contribution in [0.4, 0.5) is 0 Å². The molecule has 1 aliphatic carbocycles. The van der Waals surface area contributed by atoms with Crippen LogP contribution in [0.1, 0.15) is 31.2 Å². The van der Waals surface area contributed by atoms with Crippen molar-refractivity contribution in [1.29, 1.82) is 0 Å². The Morgan fingerprint density at radius 2 is 2.00 bits per heavy atom. The van der Waals surface area contributed by atoms with Gasteiger partial charge in [0.05, 0.1) is 0 Å². The monoisotopic (exact) mass is 270 g/mol. The molecule has 20 heavy (non-hydrogen) atoms. The average molecular weight is 270 g/mol. The molecule has 0 radical (unpaired) electrons. The Morgan fingerprint density at radius 1 is 1.15 bits per heavy atom. The minimum Gasteiger partial charge on any atom is -0.316 e. The van der Waals surface area contributed by atoms with Gasteiger partial charge < -0.3 is 5.32 Å². The Bertz CT molecular complexity index is 416. The van der Waals surface area contributed by atoms with Gasteiger partial charge in [-0.15, -0.1) is 0 Å². The predicted octanol–water partition coefficient (Wildman–Crippen LogP) is 3.16. The molecule has 1 saturated carbocycles. The molecule has 0 spiro atoms. The van der Waals surface area contributed by atoms with Gasteiger partial charge in [-0.25, -0.2) is 0 Å². The number of piperidine rings is 1. The van der Waals surface area contributed by atoms with E-state index < -0.39 is 0 Å². The largest absolute Gasteiger partial charge is 0.316 e. The Kier molecular flexibility index (Phi) is 4.88. The number of nitrogens with zero attached hydrogens (tertiary/aromatic N) is 1. The lowest BCUT2D eigenvalue weighted by atomic mass is 9.99. The second-order valence-corrected chi connectivity index (χ2v) is 6.21. The molecular weight excluding hydrogens is 244 g/mol. The van der Waals surface area contributed by atoms with E-state index in [1.165, 1.54) is 50.9 Å². The molecule has 0 aromatic heterocycles. The zero-order chi connectivity index (χ0) is 13.6. The van der Waals surface area contributed by atoms with Gasteiger partial charge in [0.1, 0.15) is 0 Å². The highest BCUT2D eigenvalue weighted by atomic mass is 15.2. The molecule has 1 unspecified atom stereocenters. The van der Waals surface area contributed by atoms with Gasteiger partial charge in [-0.3, -0.25) is 4.90 Å². The molecule has 1 aromatic rings. The van der Waals surface area contributed by atoms with E-state index >= 15 is 0 Å². The maximum absolute atomic E-state index is 3.54. The third-order valence-electron chi connectivity index (χ3n) is 4.40. The summed E-state index contributed by atoms with van der Waals surface area (Å²) in [6.07, 6.45) is 10.2. The van der Waals surface area contributed by atoms with Crippen LogP contribution in [-0.4, -0.2) is 37.1 Å². The van der Waals surface area contributed by atoms with Crippen molar-refractivity contribution < 1.29 is 0 Å². The first-order valence-corrected chi connectivity index (χ1v) is 8.08. The van der Waals surface area contributed by atoms with Gasteiger partial charge in [-0.2, -0.15) is 0 Å². The zero-order valence-electron chi connectivity index (χ0n) is 12.3. The molecule has 1 saturated heterocycles. The summed E-state index contributed by atoms with van der Waals surface area (Å²) < 4.78 is 0. The van der Waals surface area contributed by atoms with Gasteiger partial charge in [-0.05, 0) is 50.3 Å². The van der Waals surface area contributed by atoms with Crippen LogP contribution in [0.25, 0.3) is 6.08 Å². The van der Waals surface area contributed by atoms with E-state index in [0.717, 1.165) is 18.5 Å². The van der Waals surface area contributed by atoms with E-state index in [4.69, 9.17) is 0 Å². The number of benzene rings is 1. The molecular formula is C18H26N2. The first-order valence-electron chi connectivity index (χ1n) is 8.08. The fourth-order valence-corrected chi connectivity index (χ4v) is 3.11. The fraction of sp³-hybridized carbons (Fsp3) is 0.556. The highest BCUT2D eigenvalue weighted by Crippen LogP contribution is 2.28. The molecule has 1 atom stereocenters. The van der Waals surface area contributed by atoms with Gasteiger partial charge in [0.15, 0.2) is 0 Å². The number of hydrogen-bond acceptors (Lipinski definition) is 2. The molecule has 1 aliphatic heterocycles. The fourth-order valence-electron chi connectivity index (χ4n) is 3.11. The summed E-state index contributed by atoms with van der Waals surface area (Å²) in [6.45, 7) is 4.81. The van der Waals surface area contributed by atoms with Crippen molar-refractivity contribution in [1.82, 2.24) is 10.2 Å². The summed E-state index contributed by atoms with van der Waals surface area (Å²) >= 11 is 0. The Labute approximate surface area is 122 Å². The predicted molar refractivity (Wildman–Crippen MR) is 85.7 cm³/mol. The summed E-state index contributed by atoms with van der Waals surface area (Å²) in [5.41, 5.74) is 1.31. The lowest BCUT2D eigenvalue weighted by Gasteiger charge is -2.29. The molecule has 2 fully saturated rings. The van der Waals surface area contributed by atoms with Crippen LogP contribution in [0.15, 0.2) is 36.4 Å². The van der Waals surface area contributed by atoms with E-state index in [2.05, 4.69) is 52.7 Å². The number of nitrogens with one attached hydrogen (secondary N) is 1. The molecule has 2 aliphatic rings. The quantitative estimate of drug-likeness (QED) is 0.854. The molecule has 1 N–H and O–H groups in total. The average Bonchev–Trinajstić information content (AvgIpc) is 3.33. The molecule has 0 amide bonds. The van der Waals surface area contributed by atoms with Crippen molar-refractivity contribution in [2.24, 2.45) is 5.92 Å². The summed E-state index contributed by atoms with van der Waals surface area (Å²) in [4.78, 5) is 2.69. The van der Waals surface area contributed by atoms with Gasteiger partial charge in [0.25, 0.3) is 0 Å². The minimum absolute atomic E-state index is 0.856. The van der Waals surface area contributed by atoms with E-state index in [1.807, 2.05) is 0 Å². The summed E-state index contributed by atoms with van der Waals surface area (Å²) in [6, 6.07) is 11.5. The van der Waals surface area contributed by atoms with Crippen LogP contribution >= 0.6 is 0 Å². The molecule has 108 valence electrons. The topological polar surface area (TPSA) is 15.3 Å². The minimum atomic E-state index is 0.856. The van der Waals surface area contributed by atoms with Crippen molar-refractivity contribution >= 4 is 6.08 Å². The Morgan fingerprint density at radius 3 is 2.70 bits per heavy atom. The van der Waals surface area contributed by atoms with Crippen molar-refractivity contribution in [2.45, 2.75) is 31.7 Å². The van der Waals surface area contributed by atoms with Crippen molar-refractivity contribution in [3.8, 4) is 0 Å². The first kappa shape index (κ1) is 13.8. The van der Waals surface area contributed by atoms with Crippen LogP contribution in [0.3, 0.4) is 0 Å². The highest BCUT2D eigenvalue weighted by molar-refractivity contribution is 5.48. The van der Waals surface area contributed by atoms with Crippen LogP contribution in [0, 0.1) is 5.92 Å². The van der Waals surface area contributed by atoms with Gasteiger partial charge in [0, 0.05) is 19.1 Å². The van der Waals surface area contributed by atoms with E-state index in [-0.39, 0.29) is 0 Å². The lowest BCUT2D eigenvalue weighted by molar-refractivity contribution is 0.217. The standard InChI is InChI=1S/C18H26N2/c1-2-6-16(7-3-1)9-5-13-20(18-10-11-18)15-17-8-4-12-19-14-17/h1-3,5-7,9,17-19H,4,8,10-15H2/b9-5+. The lowest BCUT2D eigenvalue weighted by Crippen LogP contribution is -2.39. The maximum Gasteiger partial charge on any atom is 0.0169 e. The molecule has 2 nitrogen and oxygen atoms in total. The van der Waals surface area contributed by atoms with Crippen LogP contribution in [0.2, 0.25) is 0 Å². The number of hydrogen-bond donors (Lipinski definition) is 1. The number of rotatable bonds is 6. The molecule has 1 aromatic carbocycles. The van der Waals surface area contributed by atoms with Gasteiger partial charge in [0.2, 0.25) is 0 Å². The summed E-state index contributed by atoms with van der Waals surface area (Å²) in [7, 11) is 0. The first-order chi connectivity index (χ1) is 9.92. The Balaban J connectivity index is 1.51. The second kappa shape index (κ2) is 7.05. The van der Waals surface area contributed by atoms with Crippen LogP contribution in [-0.2, 0) is 0 Å². The Hall–Kier alpha value is -1.12. The summed E-state index contributed by atoms with van der Waals surface area (Å²) in [5, 5.41) is 3.54. The maximum atomic E-state index is 3.54. The van der Waals surface area contributed by atoms with Crippen LogP contribution < -0.4 is 5.32 Å². The smallest absolute Gasteiger partial charge is 0.0169 e. The van der Waals surface area contributed by atoms with Crippen molar-refractivity contribution in [3.63, 3.8) is 0 Å². The molecule has 3 rings (SSSR count). The second-order valence-electron chi connectivity index (χ2n) is 6.21. The van der Waals surface area contributed by atoms with Gasteiger partial charge >= 0.3 is 0 Å². The highest BCUT2D eigenvalue weighted by Gasteiger charge is 2.30. The van der Waals surface area contributed by atoms with E-state index in [0.29, 0.717) is 0 Å². The van der Waals surface area contributed by atoms with Crippen molar-refractivity contribution in [3.05, 3.63) is 42.0 Å². The molecule has 0 bridgehead atoms. The molecule has 2 heteroatoms. The normalized spacial score (nSPS) is 23.6. The van der Waals surface area contributed by atoms with Crippen LogP contribution in [0.5, 0.6) is 0 Å². The van der Waals surface area contributed by atoms with E-state index in [1.54, 1.807) is 0 Å². The summed E-state index contributed by atoms with van der Waals surface area (Å²) in [5.74, 6) is 0.856. The van der Waals surface area contributed by atoms with Crippen molar-refractivity contribution in [2.75, 3.05) is 26.2 Å². The third-order valence-corrected chi connectivity index (χ3v) is 4.40. The van der Waals surface area contributed by atoms with Gasteiger partial charge in [-0.1, -0.05) is 42.5 Å². The molecule has 1 heterocycles. The third kappa shape index (κ3) is 4.19.